The van der Waals surface area contributed by atoms with Gasteiger partial charge in [0.1, 0.15) is 22.8 Å². The first-order valence-corrected chi connectivity index (χ1v) is 14.5. The van der Waals surface area contributed by atoms with E-state index >= 15 is 0 Å². The average molecular weight is 573 g/mol. The second kappa shape index (κ2) is 10.0. The van der Waals surface area contributed by atoms with Gasteiger partial charge in [-0.2, -0.15) is 5.26 Å². The molecule has 3 aliphatic rings. The van der Waals surface area contributed by atoms with Crippen LogP contribution in [0.2, 0.25) is 5.02 Å². The van der Waals surface area contributed by atoms with Gasteiger partial charge >= 0.3 is 0 Å². The number of pyridine rings is 1. The van der Waals surface area contributed by atoms with E-state index in [2.05, 4.69) is 31.8 Å². The van der Waals surface area contributed by atoms with Gasteiger partial charge in [-0.25, -0.2) is 13.8 Å². The molecule has 0 radical (unpaired) electrons. The minimum atomic E-state index is -0.771. The Balaban J connectivity index is 1.41. The largest absolute Gasteiger partial charge is 0.354 e. The number of fused-ring (bicyclic) bond motifs is 2. The molecule has 1 aromatic heterocycles. The molecule has 5 rings (SSSR count). The predicted molar refractivity (Wildman–Crippen MR) is 146 cm³/mol. The molecule has 9 heteroatoms. The van der Waals surface area contributed by atoms with Crippen LogP contribution in [0, 0.1) is 41.2 Å². The third kappa shape index (κ3) is 4.91. The van der Waals surface area contributed by atoms with E-state index in [1.165, 1.54) is 17.0 Å². The van der Waals surface area contributed by atoms with E-state index in [9.17, 15) is 18.8 Å². The Morgan fingerprint density at radius 2 is 1.82 bits per heavy atom. The van der Waals surface area contributed by atoms with Crippen LogP contribution in [0.1, 0.15) is 82.0 Å². The second-order valence-corrected chi connectivity index (χ2v) is 13.8. The number of nitrogens with zero attached hydrogens (tertiary/aromatic N) is 2. The number of benzene rings is 1. The molecule has 214 valence electrons. The number of aryl methyl sites for hydroxylation is 1. The van der Waals surface area contributed by atoms with Crippen molar-refractivity contribution in [2.75, 3.05) is 26.2 Å². The molecule has 0 saturated carbocycles. The number of halogens is 3. The highest BCUT2D eigenvalue weighted by Crippen LogP contribution is 2.53. The zero-order valence-electron chi connectivity index (χ0n) is 24.1. The molecule has 40 heavy (non-hydrogen) atoms. The maximum Gasteiger partial charge on any atom is 0.232 e. The summed E-state index contributed by atoms with van der Waals surface area (Å²) in [7, 11) is 0. The summed E-state index contributed by atoms with van der Waals surface area (Å²) in [6.45, 7) is 14.2. The minimum absolute atomic E-state index is 0.00576. The van der Waals surface area contributed by atoms with Crippen LogP contribution in [0.25, 0.3) is 0 Å². The van der Waals surface area contributed by atoms with E-state index < -0.39 is 34.7 Å². The third-order valence-electron chi connectivity index (χ3n) is 9.31. The van der Waals surface area contributed by atoms with Crippen molar-refractivity contribution in [1.82, 2.24) is 4.90 Å². The molecule has 1 amide bonds. The SMILES string of the molecule is Cc1[nH+]c2c(cc1Cl)C(C(C)(C)C#N)OC21CCN(C(=O)C2C[NH+](C(C)(C)C)C[C@H]2c2ccc(F)cc2F)CC1. The van der Waals surface area contributed by atoms with E-state index in [0.29, 0.717) is 49.6 Å². The Labute approximate surface area is 240 Å². The fraction of sp³-hybridized carbons (Fsp3) is 0.581. The molecule has 0 aliphatic carbocycles. The number of amides is 1. The summed E-state index contributed by atoms with van der Waals surface area (Å²) < 4.78 is 35.4. The Morgan fingerprint density at radius 1 is 1.15 bits per heavy atom. The lowest BCUT2D eigenvalue weighted by Gasteiger charge is -2.39. The van der Waals surface area contributed by atoms with Crippen LogP contribution in [0.3, 0.4) is 0 Å². The molecule has 2 fully saturated rings. The lowest BCUT2D eigenvalue weighted by Crippen LogP contribution is -3.17. The van der Waals surface area contributed by atoms with E-state index in [0.717, 1.165) is 23.0 Å². The van der Waals surface area contributed by atoms with Gasteiger partial charge in [0, 0.05) is 38.9 Å². The Morgan fingerprint density at radius 3 is 2.42 bits per heavy atom. The van der Waals surface area contributed by atoms with Gasteiger partial charge in [-0.1, -0.05) is 17.7 Å². The van der Waals surface area contributed by atoms with Crippen LogP contribution in [0.4, 0.5) is 8.78 Å². The molecule has 4 atom stereocenters. The molecule has 0 bridgehead atoms. The predicted octanol–water partition coefficient (Wildman–Crippen LogP) is 4.28. The summed E-state index contributed by atoms with van der Waals surface area (Å²) in [4.78, 5) is 20.6. The zero-order valence-corrected chi connectivity index (χ0v) is 24.9. The van der Waals surface area contributed by atoms with Gasteiger partial charge in [0.2, 0.25) is 11.6 Å². The van der Waals surface area contributed by atoms with Gasteiger partial charge < -0.3 is 14.5 Å². The Kier molecular flexibility index (Phi) is 7.26. The van der Waals surface area contributed by atoms with E-state index in [-0.39, 0.29) is 17.4 Å². The van der Waals surface area contributed by atoms with Crippen molar-refractivity contribution in [3.63, 3.8) is 0 Å². The van der Waals surface area contributed by atoms with Gasteiger partial charge in [-0.3, -0.25) is 4.79 Å². The van der Waals surface area contributed by atoms with Gasteiger partial charge in [0.15, 0.2) is 11.3 Å². The molecule has 2 aromatic rings. The number of nitrogens with one attached hydrogen (secondary N) is 2. The monoisotopic (exact) mass is 572 g/mol. The number of carbonyl (C=O) groups excluding carboxylic acids is 1. The van der Waals surface area contributed by atoms with Crippen molar-refractivity contribution in [3.05, 3.63) is 63.4 Å². The van der Waals surface area contributed by atoms with Crippen LogP contribution in [-0.4, -0.2) is 42.5 Å². The average Bonchev–Trinajstić information content (AvgIpc) is 3.46. The molecule has 2 saturated heterocycles. The van der Waals surface area contributed by atoms with Crippen molar-refractivity contribution in [3.8, 4) is 6.07 Å². The quantitative estimate of drug-likeness (QED) is 0.597. The summed E-state index contributed by atoms with van der Waals surface area (Å²) in [5.41, 5.74) is 1.53. The van der Waals surface area contributed by atoms with E-state index in [1.807, 2.05) is 31.7 Å². The van der Waals surface area contributed by atoms with Crippen molar-refractivity contribution < 1.29 is 28.2 Å². The molecule has 4 heterocycles. The first-order valence-electron chi connectivity index (χ1n) is 14.1. The maximum atomic E-state index is 14.9. The number of H-pyrrole nitrogens is 1. The van der Waals surface area contributed by atoms with E-state index in [4.69, 9.17) is 16.3 Å². The number of hydrogen-bond donors (Lipinski definition) is 1. The van der Waals surface area contributed by atoms with Gasteiger partial charge in [-0.05, 0) is 52.3 Å². The minimum Gasteiger partial charge on any atom is -0.354 e. The third-order valence-corrected chi connectivity index (χ3v) is 9.70. The summed E-state index contributed by atoms with van der Waals surface area (Å²) in [6.07, 6.45) is 0.688. The number of hydrogen-bond acceptors (Lipinski definition) is 3. The first kappa shape index (κ1) is 28.9. The number of nitriles is 1. The number of rotatable bonds is 3. The van der Waals surface area contributed by atoms with Gasteiger partial charge in [0.05, 0.1) is 47.5 Å². The number of piperidine rings is 1. The number of ether oxygens (including phenoxy) is 1. The molecule has 2 N–H and O–H groups in total. The van der Waals surface area contributed by atoms with Crippen LogP contribution < -0.4 is 9.88 Å². The van der Waals surface area contributed by atoms with Crippen LogP contribution in [0.15, 0.2) is 24.3 Å². The maximum absolute atomic E-state index is 14.9. The Hall–Kier alpha value is -2.60. The van der Waals surface area contributed by atoms with Crippen LogP contribution >= 0.6 is 11.6 Å². The molecule has 3 aliphatic heterocycles. The molecule has 1 aromatic carbocycles. The smallest absolute Gasteiger partial charge is 0.232 e. The van der Waals surface area contributed by atoms with Crippen LogP contribution in [0.5, 0.6) is 0 Å². The topological polar surface area (TPSA) is 71.9 Å². The highest BCUT2D eigenvalue weighted by molar-refractivity contribution is 6.31. The normalized spacial score (nSPS) is 26.1. The van der Waals surface area contributed by atoms with Crippen molar-refractivity contribution >= 4 is 17.5 Å². The summed E-state index contributed by atoms with van der Waals surface area (Å²) in [6, 6.07) is 7.98. The van der Waals surface area contributed by atoms with Gasteiger partial charge in [0.25, 0.3) is 0 Å². The van der Waals surface area contributed by atoms with Crippen molar-refractivity contribution in [1.29, 1.82) is 5.26 Å². The summed E-state index contributed by atoms with van der Waals surface area (Å²) in [5, 5.41) is 10.5. The zero-order chi connectivity index (χ0) is 29.2. The molecule has 3 unspecified atom stereocenters. The lowest BCUT2D eigenvalue weighted by atomic mass is 9.82. The fourth-order valence-corrected chi connectivity index (χ4v) is 6.92. The number of carbonyl (C=O) groups is 1. The fourth-order valence-electron chi connectivity index (χ4n) is 6.75. The number of aromatic nitrogens is 1. The van der Waals surface area contributed by atoms with Gasteiger partial charge in [-0.15, -0.1) is 0 Å². The summed E-state index contributed by atoms with van der Waals surface area (Å²) in [5.74, 6) is -1.95. The first-order chi connectivity index (χ1) is 18.7. The lowest BCUT2D eigenvalue weighted by molar-refractivity contribution is -0.936. The van der Waals surface area contributed by atoms with Crippen molar-refractivity contribution in [2.24, 2.45) is 11.3 Å². The molecule has 6 nitrogen and oxygen atoms in total. The standard InChI is InChI=1S/C31H37ClF2N4O2/c1-18-24(32)14-21-26(36-18)31(40-27(21)30(5,6)17-35)9-11-37(12-10-31)28(39)23-16-38(29(2,3)4)15-22(23)20-8-7-19(33)13-25(20)34/h7-8,13-14,22-23,27H,9-12,15-16H2,1-6H3/p+2/t22-,23?,27?/m0/s1. The highest BCUT2D eigenvalue weighted by atomic mass is 35.5. The molecule has 1 spiro atoms. The number of likely N-dealkylation sites (tertiary alicyclic amines) is 2. The van der Waals surface area contributed by atoms with Crippen molar-refractivity contribution in [2.45, 2.75) is 77.5 Å². The highest BCUT2D eigenvalue weighted by Gasteiger charge is 2.57. The van der Waals surface area contributed by atoms with Crippen LogP contribution in [-0.2, 0) is 15.1 Å². The molecular formula is C31H39ClF2N4O2+2. The molecular weight excluding hydrogens is 534 g/mol. The summed E-state index contributed by atoms with van der Waals surface area (Å²) >= 11 is 6.47. The second-order valence-electron chi connectivity index (χ2n) is 13.4. The number of quaternary nitrogens is 1. The van der Waals surface area contributed by atoms with E-state index in [1.54, 1.807) is 0 Å². The number of aromatic amines is 1. The Bertz CT molecular complexity index is 1370.